The van der Waals surface area contributed by atoms with Crippen molar-refractivity contribution in [3.05, 3.63) is 18.5 Å². The summed E-state index contributed by atoms with van der Waals surface area (Å²) in [5.74, 6) is -1.53. The van der Waals surface area contributed by atoms with Crippen molar-refractivity contribution in [2.45, 2.75) is 11.3 Å². The van der Waals surface area contributed by atoms with Gasteiger partial charge in [-0.2, -0.15) is 4.31 Å². The summed E-state index contributed by atoms with van der Waals surface area (Å²) in [6.45, 7) is 0.327. The number of nitrogens with one attached hydrogen (secondary N) is 1. The van der Waals surface area contributed by atoms with Crippen LogP contribution >= 0.6 is 0 Å². The van der Waals surface area contributed by atoms with E-state index in [0.29, 0.717) is 6.42 Å². The van der Waals surface area contributed by atoms with Crippen LogP contribution in [0.25, 0.3) is 0 Å². The Labute approximate surface area is 92.9 Å². The first-order chi connectivity index (χ1) is 7.51. The zero-order valence-electron chi connectivity index (χ0n) is 8.46. The Morgan fingerprint density at radius 2 is 2.31 bits per heavy atom. The van der Waals surface area contributed by atoms with Crippen molar-refractivity contribution >= 4 is 16.0 Å². The maximum absolute atomic E-state index is 12.0. The molecule has 88 valence electrons. The molecule has 0 radical (unpaired) electrons. The van der Waals surface area contributed by atoms with E-state index in [1.54, 1.807) is 0 Å². The second-order valence-electron chi connectivity index (χ2n) is 3.73. The van der Waals surface area contributed by atoms with E-state index in [9.17, 15) is 13.2 Å². The van der Waals surface area contributed by atoms with Crippen LogP contribution in [0.3, 0.4) is 0 Å². The zero-order valence-corrected chi connectivity index (χ0v) is 9.27. The van der Waals surface area contributed by atoms with Gasteiger partial charge in [0.1, 0.15) is 0 Å². The highest BCUT2D eigenvalue weighted by molar-refractivity contribution is 7.89. The summed E-state index contributed by atoms with van der Waals surface area (Å²) >= 11 is 0. The molecular weight excluding hydrogens is 232 g/mol. The van der Waals surface area contributed by atoms with Gasteiger partial charge in [-0.3, -0.25) is 4.79 Å². The highest BCUT2D eigenvalue weighted by atomic mass is 32.2. The zero-order chi connectivity index (χ0) is 11.8. The van der Waals surface area contributed by atoms with E-state index in [-0.39, 0.29) is 18.0 Å². The predicted molar refractivity (Wildman–Crippen MR) is 55.3 cm³/mol. The Hall–Kier alpha value is -1.34. The Bertz CT molecular complexity index is 480. The number of hydrogen-bond donors (Lipinski definition) is 2. The average Bonchev–Trinajstić information content (AvgIpc) is 2.90. The summed E-state index contributed by atoms with van der Waals surface area (Å²) < 4.78 is 25.2. The maximum Gasteiger partial charge on any atom is 0.307 e. The smallest absolute Gasteiger partial charge is 0.307 e. The molecule has 2 N–H and O–H groups in total. The SMILES string of the molecule is O=C(O)C1CCN(S(=O)(=O)c2cc[nH]c2)C1. The van der Waals surface area contributed by atoms with Crippen molar-refractivity contribution in [2.24, 2.45) is 5.92 Å². The van der Waals surface area contributed by atoms with E-state index in [0.717, 1.165) is 0 Å². The van der Waals surface area contributed by atoms with Crippen LogP contribution in [0.15, 0.2) is 23.4 Å². The molecule has 1 unspecified atom stereocenters. The summed E-state index contributed by atoms with van der Waals surface area (Å²) in [6.07, 6.45) is 3.29. The lowest BCUT2D eigenvalue weighted by Crippen LogP contribution is -2.29. The van der Waals surface area contributed by atoms with Crippen LogP contribution in [0.2, 0.25) is 0 Å². The van der Waals surface area contributed by atoms with Gasteiger partial charge < -0.3 is 10.1 Å². The minimum Gasteiger partial charge on any atom is -0.481 e. The number of sulfonamides is 1. The molecule has 0 saturated carbocycles. The fourth-order valence-corrected chi connectivity index (χ4v) is 3.24. The highest BCUT2D eigenvalue weighted by Crippen LogP contribution is 2.23. The van der Waals surface area contributed by atoms with Crippen molar-refractivity contribution in [3.63, 3.8) is 0 Å². The molecule has 2 rings (SSSR count). The number of carboxylic acid groups (broad SMARTS) is 1. The van der Waals surface area contributed by atoms with E-state index in [1.807, 2.05) is 0 Å². The van der Waals surface area contributed by atoms with E-state index >= 15 is 0 Å². The molecule has 0 aliphatic carbocycles. The average molecular weight is 244 g/mol. The molecular formula is C9H12N2O4S. The van der Waals surface area contributed by atoms with Crippen LogP contribution in [0.4, 0.5) is 0 Å². The normalized spacial score (nSPS) is 22.4. The minimum absolute atomic E-state index is 0.0584. The number of carboxylic acids is 1. The lowest BCUT2D eigenvalue weighted by Gasteiger charge is -2.14. The Kier molecular flexibility index (Phi) is 2.73. The lowest BCUT2D eigenvalue weighted by molar-refractivity contribution is -0.141. The van der Waals surface area contributed by atoms with Crippen LogP contribution in [0, 0.1) is 5.92 Å². The number of hydrogen-bond acceptors (Lipinski definition) is 3. The van der Waals surface area contributed by atoms with Gasteiger partial charge in [0.25, 0.3) is 0 Å². The van der Waals surface area contributed by atoms with Crippen LogP contribution in [0.1, 0.15) is 6.42 Å². The number of carbonyl (C=O) groups is 1. The summed E-state index contributed by atoms with van der Waals surface area (Å²) in [5, 5.41) is 8.80. The van der Waals surface area contributed by atoms with Gasteiger partial charge in [-0.15, -0.1) is 0 Å². The number of aromatic amines is 1. The van der Waals surface area contributed by atoms with Crippen molar-refractivity contribution < 1.29 is 18.3 Å². The van der Waals surface area contributed by atoms with Gasteiger partial charge in [0.05, 0.1) is 10.8 Å². The van der Waals surface area contributed by atoms with E-state index in [1.165, 1.54) is 22.8 Å². The molecule has 1 aromatic rings. The highest BCUT2D eigenvalue weighted by Gasteiger charge is 2.35. The fraction of sp³-hybridized carbons (Fsp3) is 0.444. The molecule has 0 amide bonds. The van der Waals surface area contributed by atoms with Crippen molar-refractivity contribution in [2.75, 3.05) is 13.1 Å². The Morgan fingerprint density at radius 1 is 1.56 bits per heavy atom. The Morgan fingerprint density at radius 3 is 2.81 bits per heavy atom. The van der Waals surface area contributed by atoms with Crippen LogP contribution in [-0.4, -0.2) is 41.9 Å². The summed E-state index contributed by atoms with van der Waals surface area (Å²) in [4.78, 5) is 13.6. The van der Waals surface area contributed by atoms with Gasteiger partial charge in [0, 0.05) is 25.5 Å². The van der Waals surface area contributed by atoms with Crippen molar-refractivity contribution in [3.8, 4) is 0 Å². The molecule has 0 bridgehead atoms. The third kappa shape index (κ3) is 1.83. The van der Waals surface area contributed by atoms with Gasteiger partial charge >= 0.3 is 5.97 Å². The van der Waals surface area contributed by atoms with Gasteiger partial charge in [-0.05, 0) is 12.5 Å². The van der Waals surface area contributed by atoms with Gasteiger partial charge in [-0.25, -0.2) is 8.42 Å². The monoisotopic (exact) mass is 244 g/mol. The summed E-state index contributed by atoms with van der Waals surface area (Å²) in [5.41, 5.74) is 0. The third-order valence-electron chi connectivity index (χ3n) is 2.71. The van der Waals surface area contributed by atoms with Gasteiger partial charge in [0.2, 0.25) is 10.0 Å². The number of aromatic nitrogens is 1. The van der Waals surface area contributed by atoms with Gasteiger partial charge in [-0.1, -0.05) is 0 Å². The number of aliphatic carboxylic acids is 1. The van der Waals surface area contributed by atoms with Crippen molar-refractivity contribution in [1.82, 2.24) is 9.29 Å². The van der Waals surface area contributed by atoms with Crippen molar-refractivity contribution in [1.29, 1.82) is 0 Å². The molecule has 1 aromatic heterocycles. The minimum atomic E-state index is -3.52. The topological polar surface area (TPSA) is 90.5 Å². The molecule has 1 atom stereocenters. The molecule has 0 spiro atoms. The first-order valence-corrected chi connectivity index (χ1v) is 6.31. The summed E-state index contributed by atoms with van der Waals surface area (Å²) in [7, 11) is -3.52. The summed E-state index contributed by atoms with van der Waals surface area (Å²) in [6, 6.07) is 1.46. The fourth-order valence-electron chi connectivity index (χ4n) is 1.77. The predicted octanol–water partition coefficient (Wildman–Crippen LogP) is 0.110. The second-order valence-corrected chi connectivity index (χ2v) is 5.67. The van der Waals surface area contributed by atoms with Gasteiger partial charge in [0.15, 0.2) is 0 Å². The van der Waals surface area contributed by atoms with E-state index < -0.39 is 21.9 Å². The third-order valence-corrected chi connectivity index (χ3v) is 4.57. The second kappa shape index (κ2) is 3.91. The molecule has 16 heavy (non-hydrogen) atoms. The molecule has 7 heteroatoms. The molecule has 0 aromatic carbocycles. The van der Waals surface area contributed by atoms with Crippen LogP contribution in [0.5, 0.6) is 0 Å². The quantitative estimate of drug-likeness (QED) is 0.789. The maximum atomic E-state index is 12.0. The molecule has 1 aliphatic heterocycles. The molecule has 6 nitrogen and oxygen atoms in total. The van der Waals surface area contributed by atoms with E-state index in [4.69, 9.17) is 5.11 Å². The van der Waals surface area contributed by atoms with Crippen LogP contribution < -0.4 is 0 Å². The number of rotatable bonds is 3. The molecule has 1 aliphatic rings. The molecule has 1 saturated heterocycles. The number of H-pyrrole nitrogens is 1. The first-order valence-electron chi connectivity index (χ1n) is 4.87. The standard InChI is InChI=1S/C9H12N2O4S/c12-9(13)7-2-4-11(6-7)16(14,15)8-1-3-10-5-8/h1,3,5,7,10H,2,4,6H2,(H,12,13). The van der Waals surface area contributed by atoms with Crippen LogP contribution in [-0.2, 0) is 14.8 Å². The van der Waals surface area contributed by atoms with E-state index in [2.05, 4.69) is 4.98 Å². The largest absolute Gasteiger partial charge is 0.481 e. The lowest BCUT2D eigenvalue weighted by atomic mass is 10.1. The first kappa shape index (κ1) is 11.2. The molecule has 1 fully saturated rings. The molecule has 2 heterocycles. The Balaban J connectivity index is 2.19. The number of nitrogens with zero attached hydrogens (tertiary/aromatic N) is 1.